The van der Waals surface area contributed by atoms with Crippen molar-refractivity contribution in [2.45, 2.75) is 82.1 Å². The summed E-state index contributed by atoms with van der Waals surface area (Å²) in [5.41, 5.74) is -1.46. The molecule has 0 aromatic carbocycles. The minimum atomic E-state index is -6.58. The van der Waals surface area contributed by atoms with Crippen LogP contribution in [0.1, 0.15) is 46.5 Å². The molecule has 0 aromatic heterocycles. The maximum absolute atomic E-state index is 13.8. The molecule has 0 spiro atoms. The zero-order valence-electron chi connectivity index (χ0n) is 21.6. The number of rotatable bonds is 15. The molecular weight excluding hydrogens is 606 g/mol. The summed E-state index contributed by atoms with van der Waals surface area (Å²) in [5, 5.41) is 0. The van der Waals surface area contributed by atoms with Crippen molar-refractivity contribution in [2.75, 3.05) is 26.4 Å². The largest absolute Gasteiger partial charge is 0.509 e. The van der Waals surface area contributed by atoms with Crippen LogP contribution in [0.4, 0.5) is 39.9 Å². The van der Waals surface area contributed by atoms with Crippen molar-refractivity contribution < 1.29 is 68.5 Å². The highest BCUT2D eigenvalue weighted by atomic mass is 32.2. The van der Waals surface area contributed by atoms with Gasteiger partial charge in [-0.05, 0) is 50.7 Å². The molecule has 0 bridgehead atoms. The molecule has 8 nitrogen and oxygen atoms in total. The lowest BCUT2D eigenvalue weighted by molar-refractivity contribution is -0.344. The second-order valence-corrected chi connectivity index (χ2v) is 10.3. The van der Waals surface area contributed by atoms with Gasteiger partial charge in [0.1, 0.15) is 0 Å². The number of thiocarbonyl (C=S) groups is 1. The van der Waals surface area contributed by atoms with Crippen LogP contribution >= 0.6 is 24.0 Å². The van der Waals surface area contributed by atoms with Crippen LogP contribution in [0, 0.1) is 5.92 Å². The summed E-state index contributed by atoms with van der Waals surface area (Å²) in [7, 11) is 0. The third kappa shape index (κ3) is 9.48. The summed E-state index contributed by atoms with van der Waals surface area (Å²) in [6.45, 7) is 2.36. The molecule has 1 amide bonds. The van der Waals surface area contributed by atoms with Crippen molar-refractivity contribution in [1.29, 1.82) is 0 Å². The first-order valence-corrected chi connectivity index (χ1v) is 13.2. The van der Waals surface area contributed by atoms with Gasteiger partial charge in [0, 0.05) is 25.4 Å². The zero-order chi connectivity index (χ0) is 30.9. The standard InChI is InChI=1S/C22H29F8NO7S2/c1-4-35-16(33)12(3)9-13(31-8-6-7-14(31)32)10-15(40-19(39)36-5-2)38-18(34)37-11-20(25,26)22(29,30)21(27,28)17(23)24/h12-13,15,17H,4-11H2,1-3H3. The van der Waals surface area contributed by atoms with Gasteiger partial charge in [0.2, 0.25) is 10.3 Å². The van der Waals surface area contributed by atoms with Gasteiger partial charge in [0.15, 0.2) is 12.0 Å². The molecule has 0 radical (unpaired) electrons. The zero-order valence-corrected chi connectivity index (χ0v) is 23.2. The van der Waals surface area contributed by atoms with Crippen molar-refractivity contribution in [2.24, 2.45) is 5.92 Å². The van der Waals surface area contributed by atoms with E-state index in [4.69, 9.17) is 26.4 Å². The molecule has 1 rings (SSSR count). The average molecular weight is 636 g/mol. The summed E-state index contributed by atoms with van der Waals surface area (Å²) < 4.78 is 124. The van der Waals surface area contributed by atoms with Crippen LogP contribution in [0.3, 0.4) is 0 Å². The lowest BCUT2D eigenvalue weighted by atomic mass is 9.98. The van der Waals surface area contributed by atoms with E-state index in [0.29, 0.717) is 18.2 Å². The molecule has 0 saturated carbocycles. The fourth-order valence-corrected chi connectivity index (χ4v) is 4.84. The number of thioether (sulfide) groups is 1. The van der Waals surface area contributed by atoms with Crippen LogP contribution in [-0.2, 0) is 28.5 Å². The lowest BCUT2D eigenvalue weighted by Crippen LogP contribution is -2.59. The Morgan fingerprint density at radius 1 is 1.02 bits per heavy atom. The number of alkyl halides is 8. The normalized spacial score (nSPS) is 16.9. The molecule has 40 heavy (non-hydrogen) atoms. The van der Waals surface area contributed by atoms with E-state index in [-0.39, 0.29) is 49.3 Å². The molecule has 3 unspecified atom stereocenters. The molecule has 232 valence electrons. The van der Waals surface area contributed by atoms with E-state index in [0.717, 1.165) is 0 Å². The molecule has 1 saturated heterocycles. The third-order valence-corrected chi connectivity index (χ3v) is 6.84. The summed E-state index contributed by atoms with van der Waals surface area (Å²) in [5.74, 6) is -20.5. The topological polar surface area (TPSA) is 91.4 Å². The summed E-state index contributed by atoms with van der Waals surface area (Å²) in [6, 6.07) is -0.792. The number of ether oxygens (including phenoxy) is 4. The molecule has 0 aromatic rings. The second-order valence-electron chi connectivity index (χ2n) is 8.56. The van der Waals surface area contributed by atoms with E-state index in [9.17, 15) is 49.5 Å². The van der Waals surface area contributed by atoms with E-state index in [1.165, 1.54) is 11.8 Å². The van der Waals surface area contributed by atoms with Crippen LogP contribution in [0.25, 0.3) is 0 Å². The quantitative estimate of drug-likeness (QED) is 0.0979. The van der Waals surface area contributed by atoms with Crippen LogP contribution in [0.5, 0.6) is 0 Å². The fraction of sp³-hybridized carbons (Fsp3) is 0.818. The van der Waals surface area contributed by atoms with Crippen LogP contribution in [0.2, 0.25) is 0 Å². The van der Waals surface area contributed by atoms with Gasteiger partial charge in [-0.25, -0.2) is 13.6 Å². The number of esters is 1. The first-order chi connectivity index (χ1) is 18.4. The third-order valence-electron chi connectivity index (χ3n) is 5.57. The smallest absolute Gasteiger partial charge is 0.479 e. The summed E-state index contributed by atoms with van der Waals surface area (Å²) >= 11 is 5.53. The van der Waals surface area contributed by atoms with Crippen molar-refractivity contribution in [3.8, 4) is 0 Å². The molecule has 18 heteroatoms. The molecule has 0 aliphatic carbocycles. The first kappa shape index (κ1) is 35.9. The monoisotopic (exact) mass is 635 g/mol. The predicted molar refractivity (Wildman–Crippen MR) is 129 cm³/mol. The molecular formula is C22H29F8NO7S2. The van der Waals surface area contributed by atoms with Gasteiger partial charge in [0.25, 0.3) is 0 Å². The van der Waals surface area contributed by atoms with E-state index >= 15 is 0 Å². The summed E-state index contributed by atoms with van der Waals surface area (Å²) in [4.78, 5) is 38.1. The number of likely N-dealkylation sites (tertiary alicyclic amines) is 1. The number of nitrogens with zero attached hydrogens (tertiary/aromatic N) is 1. The molecule has 1 heterocycles. The highest BCUT2D eigenvalue weighted by molar-refractivity contribution is 8.22. The predicted octanol–water partition coefficient (Wildman–Crippen LogP) is 5.66. The van der Waals surface area contributed by atoms with E-state index < -0.39 is 60.3 Å². The Balaban J connectivity index is 3.09. The Labute approximate surface area is 234 Å². The van der Waals surface area contributed by atoms with Crippen molar-refractivity contribution >= 4 is 46.4 Å². The Hall–Kier alpha value is -2.11. The molecule has 0 N–H and O–H groups in total. The number of hydrogen-bond donors (Lipinski definition) is 0. The van der Waals surface area contributed by atoms with Crippen molar-refractivity contribution in [3.63, 3.8) is 0 Å². The molecule has 3 atom stereocenters. The number of amides is 1. The second kappa shape index (κ2) is 15.2. The highest BCUT2D eigenvalue weighted by Gasteiger charge is 2.75. The first-order valence-electron chi connectivity index (χ1n) is 12.0. The van der Waals surface area contributed by atoms with Crippen LogP contribution in [-0.4, -0.2) is 89.4 Å². The van der Waals surface area contributed by atoms with Crippen LogP contribution < -0.4 is 0 Å². The van der Waals surface area contributed by atoms with E-state index in [2.05, 4.69) is 4.74 Å². The van der Waals surface area contributed by atoms with Crippen LogP contribution in [0.15, 0.2) is 0 Å². The van der Waals surface area contributed by atoms with Gasteiger partial charge in [-0.2, -0.15) is 26.3 Å². The number of carbonyl (C=O) groups is 3. The van der Waals surface area contributed by atoms with Gasteiger partial charge in [-0.3, -0.25) is 9.59 Å². The number of halogens is 8. The highest BCUT2D eigenvalue weighted by Crippen LogP contribution is 2.48. The lowest BCUT2D eigenvalue weighted by Gasteiger charge is -2.32. The van der Waals surface area contributed by atoms with E-state index in [1.807, 2.05) is 0 Å². The Bertz CT molecular complexity index is 897. The number of carbonyl (C=O) groups excluding carboxylic acids is 3. The maximum atomic E-state index is 13.8. The van der Waals surface area contributed by atoms with Gasteiger partial charge in [-0.1, -0.05) is 6.92 Å². The SMILES string of the molecule is CCOC(=O)C(C)CC(CC(OC(=O)OCC(F)(F)C(F)(F)C(F)(F)C(F)F)SC(=S)OCC)N1CCCC1=O. The molecule has 1 fully saturated rings. The van der Waals surface area contributed by atoms with Gasteiger partial charge in [0.05, 0.1) is 19.1 Å². The molecule has 1 aliphatic heterocycles. The summed E-state index contributed by atoms with van der Waals surface area (Å²) in [6.07, 6.45) is -6.78. The van der Waals surface area contributed by atoms with Gasteiger partial charge >= 0.3 is 36.3 Å². The van der Waals surface area contributed by atoms with Gasteiger partial charge in [-0.15, -0.1) is 0 Å². The minimum absolute atomic E-state index is 0.00838. The Morgan fingerprint density at radius 3 is 2.12 bits per heavy atom. The fourth-order valence-electron chi connectivity index (χ4n) is 3.56. The van der Waals surface area contributed by atoms with Crippen molar-refractivity contribution in [1.82, 2.24) is 4.90 Å². The number of hydrogen-bond acceptors (Lipinski definition) is 9. The van der Waals surface area contributed by atoms with E-state index in [1.54, 1.807) is 13.8 Å². The minimum Gasteiger partial charge on any atom is -0.479 e. The van der Waals surface area contributed by atoms with Crippen molar-refractivity contribution in [3.05, 3.63) is 0 Å². The Morgan fingerprint density at radius 2 is 1.62 bits per heavy atom. The van der Waals surface area contributed by atoms with Gasteiger partial charge < -0.3 is 23.8 Å². The average Bonchev–Trinajstić information content (AvgIpc) is 3.27. The maximum Gasteiger partial charge on any atom is 0.509 e. The molecule has 1 aliphatic rings. The Kier molecular flexibility index (Phi) is 13.7.